The second-order valence-electron chi connectivity index (χ2n) is 0. The summed E-state index contributed by atoms with van der Waals surface area (Å²) in [5, 5.41) is 0. The summed E-state index contributed by atoms with van der Waals surface area (Å²) in [5.74, 6) is 0. The third-order valence-corrected chi connectivity index (χ3v) is 0. The van der Waals surface area contributed by atoms with Crippen molar-refractivity contribution in [3.8, 4) is 0 Å². The molecular weight excluding hydrogens is 60.7 g/mol. The molecule has 0 saturated heterocycles. The summed E-state index contributed by atoms with van der Waals surface area (Å²) in [5.41, 5.74) is 0. The number of rotatable bonds is 0. The molecule has 13 valence electrons. The minimum Gasteiger partial charge on any atom is 0 e. The Labute approximate surface area is 48.9 Å². The van der Waals surface area contributed by atoms with Gasteiger partial charge in [-0.15, -0.1) is 0 Å². The van der Waals surface area contributed by atoms with Gasteiger partial charge in [-0.3, -0.25) is 0 Å². The van der Waals surface area contributed by atoms with Gasteiger partial charge in [-0.25, -0.2) is 0 Å². The summed E-state index contributed by atoms with van der Waals surface area (Å²) in [7, 11) is 3.25. The summed E-state index contributed by atoms with van der Waals surface area (Å²) in [6, 6.07) is 0. The van der Waals surface area contributed by atoms with Crippen molar-refractivity contribution in [2.24, 2.45) is 0 Å². The van der Waals surface area contributed by atoms with Crippen LogP contribution in [0, 0.1) is 0 Å². The third kappa shape index (κ3) is 12.0. The van der Waals surface area contributed by atoms with Crippen LogP contribution in [-0.2, 0) is 4.70 Å². The number of hydrogen-bond donors (Lipinski definition) is 0. The van der Waals surface area contributed by atoms with Crippen LogP contribution in [0.4, 0.5) is 0 Å². The molecule has 0 aromatic carbocycles. The van der Waals surface area contributed by atoms with Crippen molar-refractivity contribution in [1.82, 2.24) is 0 Å². The Balaban J connectivity index is -0.00000000500. The molecule has 0 saturated carbocycles. The van der Waals surface area contributed by atoms with Gasteiger partial charge >= 0.3 is 12.4 Å². The minimum atomic E-state index is 0. The van der Waals surface area contributed by atoms with Crippen LogP contribution in [0.25, 0.3) is 0 Å². The van der Waals surface area contributed by atoms with Crippen molar-refractivity contribution >= 4 is 43.9 Å². The second kappa shape index (κ2) is 36.2. The molecule has 0 atom stereocenters. The SMILES string of the molecule is [Al].[B]=O.[Li]. The fraction of sp³-hybridized carbons (Fsp3) is 0. The predicted molar refractivity (Wildman–Crippen MR) is 17.9 cm³/mol. The van der Waals surface area contributed by atoms with Gasteiger partial charge in [0, 0.05) is 36.2 Å². The van der Waals surface area contributed by atoms with Crippen LogP contribution >= 0.6 is 0 Å². The largest absolute Gasteiger partial charge is 0 e. The van der Waals surface area contributed by atoms with Crippen molar-refractivity contribution in [2.75, 3.05) is 0 Å². The molecule has 0 unspecified atom stereocenters. The quantitative estimate of drug-likeness (QED) is 0.319. The molecule has 1 nitrogen and oxygen atoms in total. The van der Waals surface area contributed by atoms with Crippen molar-refractivity contribution in [3.63, 3.8) is 0 Å². The molecule has 5 radical (unpaired) electrons. The molecule has 0 aliphatic carbocycles. The Morgan fingerprint density at radius 2 is 1.25 bits per heavy atom. The summed E-state index contributed by atoms with van der Waals surface area (Å²) in [6.45, 7) is 0. The van der Waals surface area contributed by atoms with E-state index in [4.69, 9.17) is 4.70 Å². The van der Waals surface area contributed by atoms with Gasteiger partial charge in [0.15, 0.2) is 0 Å². The van der Waals surface area contributed by atoms with Crippen molar-refractivity contribution in [1.29, 1.82) is 0 Å². The molecule has 0 bridgehead atoms. The molecule has 4 heavy (non-hydrogen) atoms. The molecule has 0 fully saturated rings. The smallest absolute Gasteiger partial charge is 0 e. The van der Waals surface area contributed by atoms with Gasteiger partial charge < -0.3 is 0 Å². The van der Waals surface area contributed by atoms with Gasteiger partial charge in [0.2, 0.25) is 0 Å². The number of hydrogen-bond acceptors (Lipinski definition) is 1. The monoisotopic (exact) mass is 61.0 g/mol. The zero-order valence-corrected chi connectivity index (χ0v) is 3.72. The van der Waals surface area contributed by atoms with Gasteiger partial charge in [-0.05, 0) is 0 Å². The topological polar surface area (TPSA) is 17.1 Å². The molecule has 0 rings (SSSR count). The minimum absolute atomic E-state index is 0. The first-order valence-corrected chi connectivity index (χ1v) is 0.236. The van der Waals surface area contributed by atoms with Crippen LogP contribution in [0.1, 0.15) is 0 Å². The molecule has 0 N–H and O–H groups in total. The van der Waals surface area contributed by atoms with Crippen LogP contribution in [0.3, 0.4) is 0 Å². The van der Waals surface area contributed by atoms with Crippen LogP contribution in [0.5, 0.6) is 0 Å². The molecule has 0 aliphatic rings. The first-order valence-electron chi connectivity index (χ1n) is 0.236. The van der Waals surface area contributed by atoms with Gasteiger partial charge in [0.1, 0.15) is 0 Å². The molecule has 0 heterocycles. The Morgan fingerprint density at radius 3 is 1.25 bits per heavy atom. The van der Waals surface area contributed by atoms with Crippen LogP contribution in [-0.4, -0.2) is 43.9 Å². The maximum absolute atomic E-state index is 7.75. The van der Waals surface area contributed by atoms with E-state index >= 15 is 0 Å². The van der Waals surface area contributed by atoms with Crippen LogP contribution in [0.2, 0.25) is 0 Å². The molecular formula is AlBLiO. The van der Waals surface area contributed by atoms with E-state index in [0.29, 0.717) is 0 Å². The van der Waals surface area contributed by atoms with E-state index in [1.165, 1.54) is 0 Å². The van der Waals surface area contributed by atoms with E-state index in [0.717, 1.165) is 0 Å². The zero-order valence-electron chi connectivity index (χ0n) is 2.56. The fourth-order valence-electron chi connectivity index (χ4n) is 0. The Hall–Kier alpha value is 0.995. The van der Waals surface area contributed by atoms with Gasteiger partial charge in [0.25, 0.3) is 0 Å². The maximum atomic E-state index is 7.75. The molecule has 0 aliphatic heterocycles. The molecule has 0 amide bonds. The first kappa shape index (κ1) is 20.0. The standard InChI is InChI=1S/Al.BO.Li/c;1-2;. The predicted octanol–water partition coefficient (Wildman–Crippen LogP) is -1.26. The maximum Gasteiger partial charge on any atom is 0 e. The van der Waals surface area contributed by atoms with Crippen LogP contribution in [0.15, 0.2) is 0 Å². The Kier molecular flexibility index (Phi) is 181. The van der Waals surface area contributed by atoms with E-state index in [1.54, 1.807) is 0 Å². The van der Waals surface area contributed by atoms with Crippen molar-refractivity contribution < 1.29 is 4.70 Å². The van der Waals surface area contributed by atoms with E-state index in [9.17, 15) is 0 Å². The first-order chi connectivity index (χ1) is 1.00. The van der Waals surface area contributed by atoms with E-state index < -0.39 is 0 Å². The van der Waals surface area contributed by atoms with Gasteiger partial charge in [0.05, 0.1) is 0 Å². The average Bonchev–Trinajstić information content (AvgIpc) is 1.00. The fourth-order valence-corrected chi connectivity index (χ4v) is 0. The molecule has 0 aromatic rings. The molecule has 0 aromatic heterocycles. The van der Waals surface area contributed by atoms with Crippen molar-refractivity contribution in [2.45, 2.75) is 0 Å². The third-order valence-electron chi connectivity index (χ3n) is 0. The summed E-state index contributed by atoms with van der Waals surface area (Å²) < 4.78 is 7.75. The molecule has 4 heteroatoms. The van der Waals surface area contributed by atoms with Gasteiger partial charge in [-0.2, -0.15) is 0 Å². The van der Waals surface area contributed by atoms with E-state index in [2.05, 4.69) is 7.72 Å². The Morgan fingerprint density at radius 1 is 1.25 bits per heavy atom. The zero-order chi connectivity index (χ0) is 2.00. The normalized spacial score (nSPS) is 0.750. The second-order valence-corrected chi connectivity index (χ2v) is 0. The van der Waals surface area contributed by atoms with E-state index in [1.807, 2.05) is 0 Å². The molecule has 0 spiro atoms. The van der Waals surface area contributed by atoms with Crippen molar-refractivity contribution in [3.05, 3.63) is 0 Å². The summed E-state index contributed by atoms with van der Waals surface area (Å²) in [6.07, 6.45) is 0. The summed E-state index contributed by atoms with van der Waals surface area (Å²) >= 11 is 0. The van der Waals surface area contributed by atoms with Gasteiger partial charge in [-0.1, -0.05) is 0 Å². The average molecular weight is 60.7 g/mol. The van der Waals surface area contributed by atoms with E-state index in [-0.39, 0.29) is 36.2 Å². The van der Waals surface area contributed by atoms with Crippen LogP contribution < -0.4 is 0 Å². The summed E-state index contributed by atoms with van der Waals surface area (Å²) in [4.78, 5) is 0. The Bertz CT molecular complexity index is 8.00.